The summed E-state index contributed by atoms with van der Waals surface area (Å²) in [6.07, 6.45) is 3.18. The van der Waals surface area contributed by atoms with Crippen molar-refractivity contribution in [1.29, 1.82) is 0 Å². The average molecular weight is 268 g/mol. The molecule has 0 aromatic heterocycles. The molecule has 0 bridgehead atoms. The monoisotopic (exact) mass is 268 g/mol. The molecule has 0 aliphatic carbocycles. The van der Waals surface area contributed by atoms with E-state index in [1.165, 1.54) is 0 Å². The zero-order chi connectivity index (χ0) is 14.6. The van der Waals surface area contributed by atoms with Crippen molar-refractivity contribution < 1.29 is 4.79 Å². The zero-order valence-corrected chi connectivity index (χ0v) is 13.4. The Bertz CT molecular complexity index is 286. The van der Waals surface area contributed by atoms with Crippen molar-refractivity contribution in [1.82, 2.24) is 4.90 Å². The van der Waals surface area contributed by atoms with Crippen LogP contribution in [0, 0.1) is 23.2 Å². The van der Waals surface area contributed by atoms with Gasteiger partial charge in [0.05, 0.1) is 5.92 Å². The molecule has 3 nitrogen and oxygen atoms in total. The summed E-state index contributed by atoms with van der Waals surface area (Å²) in [7, 11) is 0. The van der Waals surface area contributed by atoms with E-state index in [0.717, 1.165) is 44.2 Å². The highest BCUT2D eigenvalue weighted by atomic mass is 16.2. The summed E-state index contributed by atoms with van der Waals surface area (Å²) in [5.41, 5.74) is 5.98. The molecule has 1 atom stereocenters. The van der Waals surface area contributed by atoms with Crippen LogP contribution in [0.15, 0.2) is 0 Å². The lowest BCUT2D eigenvalue weighted by molar-refractivity contribution is -0.137. The molecule has 3 heteroatoms. The number of nitrogens with zero attached hydrogens (tertiary/aromatic N) is 1. The third-order valence-electron chi connectivity index (χ3n) is 4.29. The summed E-state index contributed by atoms with van der Waals surface area (Å²) in [6.45, 7) is 13.4. The molecule has 19 heavy (non-hydrogen) atoms. The summed E-state index contributed by atoms with van der Waals surface area (Å²) in [5.74, 6) is 1.79. The van der Waals surface area contributed by atoms with Gasteiger partial charge in [-0.1, -0.05) is 34.6 Å². The van der Waals surface area contributed by atoms with Crippen LogP contribution in [-0.4, -0.2) is 30.4 Å². The largest absolute Gasteiger partial charge is 0.342 e. The maximum absolute atomic E-state index is 12.5. The van der Waals surface area contributed by atoms with Gasteiger partial charge in [-0.15, -0.1) is 0 Å². The molecule has 1 aliphatic heterocycles. The first-order valence-corrected chi connectivity index (χ1v) is 7.73. The fourth-order valence-electron chi connectivity index (χ4n) is 3.06. The van der Waals surface area contributed by atoms with Crippen molar-refractivity contribution in [3.63, 3.8) is 0 Å². The van der Waals surface area contributed by atoms with Crippen molar-refractivity contribution in [3.8, 4) is 0 Å². The van der Waals surface area contributed by atoms with Gasteiger partial charge < -0.3 is 10.6 Å². The molecule has 0 spiro atoms. The number of hydrogen-bond donors (Lipinski definition) is 1. The third kappa shape index (κ3) is 5.13. The molecule has 112 valence electrons. The minimum Gasteiger partial charge on any atom is -0.342 e. The normalized spacial score (nSPS) is 19.8. The van der Waals surface area contributed by atoms with E-state index in [1.54, 1.807) is 0 Å². The van der Waals surface area contributed by atoms with Gasteiger partial charge in [0.1, 0.15) is 0 Å². The Labute approximate surface area is 118 Å². The Morgan fingerprint density at radius 1 is 1.26 bits per heavy atom. The molecule has 0 aromatic rings. The maximum atomic E-state index is 12.5. The van der Waals surface area contributed by atoms with Crippen molar-refractivity contribution >= 4 is 5.91 Å². The lowest BCUT2D eigenvalue weighted by Crippen LogP contribution is -2.45. The van der Waals surface area contributed by atoms with Gasteiger partial charge in [0.15, 0.2) is 0 Å². The summed E-state index contributed by atoms with van der Waals surface area (Å²) >= 11 is 0. The molecule has 2 N–H and O–H groups in total. The number of carbonyl (C=O) groups excluding carboxylic acids is 1. The Hall–Kier alpha value is -0.570. The topological polar surface area (TPSA) is 46.3 Å². The first-order valence-electron chi connectivity index (χ1n) is 7.73. The summed E-state index contributed by atoms with van der Waals surface area (Å²) in [4.78, 5) is 14.6. The fourth-order valence-corrected chi connectivity index (χ4v) is 3.06. The SMILES string of the molecule is CC(C)C1CCN(C(=O)C(CN)CC(C)(C)C)CC1. The van der Waals surface area contributed by atoms with Gasteiger partial charge >= 0.3 is 0 Å². The van der Waals surface area contributed by atoms with Crippen molar-refractivity contribution in [2.75, 3.05) is 19.6 Å². The number of piperidine rings is 1. The number of amides is 1. The predicted molar refractivity (Wildman–Crippen MR) is 80.8 cm³/mol. The zero-order valence-electron chi connectivity index (χ0n) is 13.4. The van der Waals surface area contributed by atoms with E-state index >= 15 is 0 Å². The first-order chi connectivity index (χ1) is 8.74. The lowest BCUT2D eigenvalue weighted by atomic mass is 9.83. The van der Waals surface area contributed by atoms with Crippen LogP contribution in [0.2, 0.25) is 0 Å². The van der Waals surface area contributed by atoms with E-state index in [2.05, 4.69) is 34.6 Å². The van der Waals surface area contributed by atoms with E-state index in [1.807, 2.05) is 4.90 Å². The second kappa shape index (κ2) is 6.74. The Kier molecular flexibility index (Phi) is 5.84. The van der Waals surface area contributed by atoms with E-state index in [-0.39, 0.29) is 17.2 Å². The van der Waals surface area contributed by atoms with Crippen LogP contribution in [0.25, 0.3) is 0 Å². The van der Waals surface area contributed by atoms with E-state index in [4.69, 9.17) is 5.73 Å². The molecule has 1 amide bonds. The van der Waals surface area contributed by atoms with Crippen LogP contribution in [0.5, 0.6) is 0 Å². The van der Waals surface area contributed by atoms with Gasteiger partial charge in [0, 0.05) is 19.6 Å². The summed E-state index contributed by atoms with van der Waals surface area (Å²) < 4.78 is 0. The first kappa shape index (κ1) is 16.5. The number of carbonyl (C=O) groups is 1. The number of hydrogen-bond acceptors (Lipinski definition) is 2. The van der Waals surface area contributed by atoms with Crippen molar-refractivity contribution in [2.24, 2.45) is 28.9 Å². The number of rotatable bonds is 4. The smallest absolute Gasteiger partial charge is 0.226 e. The number of likely N-dealkylation sites (tertiary alicyclic amines) is 1. The molecule has 1 heterocycles. The van der Waals surface area contributed by atoms with E-state index < -0.39 is 0 Å². The predicted octanol–water partition coefficient (Wildman–Crippen LogP) is 2.89. The molecular weight excluding hydrogens is 236 g/mol. The van der Waals surface area contributed by atoms with Crippen LogP contribution >= 0.6 is 0 Å². The molecule has 0 aromatic carbocycles. The van der Waals surface area contributed by atoms with E-state index in [0.29, 0.717) is 6.54 Å². The minimum absolute atomic E-state index is 0.00407. The van der Waals surface area contributed by atoms with Crippen molar-refractivity contribution in [3.05, 3.63) is 0 Å². The highest BCUT2D eigenvalue weighted by molar-refractivity contribution is 5.79. The second-order valence-electron chi connectivity index (χ2n) is 7.60. The van der Waals surface area contributed by atoms with Crippen LogP contribution in [0.3, 0.4) is 0 Å². The molecule has 1 fully saturated rings. The minimum atomic E-state index is -0.00407. The van der Waals surface area contributed by atoms with Gasteiger partial charge in [-0.2, -0.15) is 0 Å². The Morgan fingerprint density at radius 2 is 1.79 bits per heavy atom. The quantitative estimate of drug-likeness (QED) is 0.852. The van der Waals surface area contributed by atoms with Gasteiger partial charge in [0.2, 0.25) is 5.91 Å². The second-order valence-corrected chi connectivity index (χ2v) is 7.60. The molecule has 1 unspecified atom stereocenters. The molecule has 1 rings (SSSR count). The van der Waals surface area contributed by atoms with Gasteiger partial charge in [-0.3, -0.25) is 4.79 Å². The fraction of sp³-hybridized carbons (Fsp3) is 0.938. The summed E-state index contributed by atoms with van der Waals surface area (Å²) in [5, 5.41) is 0. The highest BCUT2D eigenvalue weighted by Crippen LogP contribution is 2.28. The molecule has 1 aliphatic rings. The maximum Gasteiger partial charge on any atom is 0.226 e. The van der Waals surface area contributed by atoms with Crippen LogP contribution < -0.4 is 5.73 Å². The third-order valence-corrected chi connectivity index (χ3v) is 4.29. The van der Waals surface area contributed by atoms with Gasteiger partial charge in [-0.05, 0) is 36.5 Å². The van der Waals surface area contributed by atoms with Gasteiger partial charge in [0.25, 0.3) is 0 Å². The Morgan fingerprint density at radius 3 is 2.16 bits per heavy atom. The highest BCUT2D eigenvalue weighted by Gasteiger charge is 2.30. The molecule has 0 radical (unpaired) electrons. The van der Waals surface area contributed by atoms with Crippen LogP contribution in [0.1, 0.15) is 53.9 Å². The average Bonchev–Trinajstić information content (AvgIpc) is 2.34. The number of nitrogens with two attached hydrogens (primary N) is 1. The van der Waals surface area contributed by atoms with Crippen LogP contribution in [-0.2, 0) is 4.79 Å². The standard InChI is InChI=1S/C16H32N2O/c1-12(2)13-6-8-18(9-7-13)15(19)14(11-17)10-16(3,4)5/h12-14H,6-11,17H2,1-5H3. The van der Waals surface area contributed by atoms with Gasteiger partial charge in [-0.25, -0.2) is 0 Å². The Balaban J connectivity index is 2.53. The molecule has 0 saturated carbocycles. The molecule has 1 saturated heterocycles. The van der Waals surface area contributed by atoms with Crippen LogP contribution in [0.4, 0.5) is 0 Å². The molecular formula is C16H32N2O. The van der Waals surface area contributed by atoms with Crippen molar-refractivity contribution in [2.45, 2.75) is 53.9 Å². The van der Waals surface area contributed by atoms with E-state index in [9.17, 15) is 4.79 Å². The lowest BCUT2D eigenvalue weighted by Gasteiger charge is -2.36. The summed E-state index contributed by atoms with van der Waals surface area (Å²) in [6, 6.07) is 0.